The van der Waals surface area contributed by atoms with Crippen molar-refractivity contribution in [2.24, 2.45) is 0 Å². The second-order valence-corrected chi connectivity index (χ2v) is 8.36. The van der Waals surface area contributed by atoms with Crippen LogP contribution in [-0.2, 0) is 18.3 Å². The Kier molecular flexibility index (Phi) is 3.27. The van der Waals surface area contributed by atoms with Crippen molar-refractivity contribution in [1.82, 2.24) is 9.38 Å². The van der Waals surface area contributed by atoms with Crippen LogP contribution in [0.15, 0.2) is 23.6 Å². The highest BCUT2D eigenvalue weighted by molar-refractivity contribution is 7.15. The first-order chi connectivity index (χ1) is 10.9. The summed E-state index contributed by atoms with van der Waals surface area (Å²) < 4.78 is 2.12. The van der Waals surface area contributed by atoms with Gasteiger partial charge in [0.05, 0.1) is 11.4 Å². The van der Waals surface area contributed by atoms with E-state index in [-0.39, 0.29) is 5.41 Å². The van der Waals surface area contributed by atoms with Gasteiger partial charge in [-0.15, -0.1) is 11.3 Å². The molecule has 1 aliphatic carbocycles. The second kappa shape index (κ2) is 5.10. The lowest BCUT2D eigenvalue weighted by Gasteiger charge is -2.17. The quantitative estimate of drug-likeness (QED) is 0.697. The molecule has 1 aliphatic rings. The van der Waals surface area contributed by atoms with Crippen molar-refractivity contribution >= 4 is 22.1 Å². The number of fused-ring (bicyclic) bond motifs is 2. The molecule has 0 fully saturated rings. The van der Waals surface area contributed by atoms with Crippen molar-refractivity contribution in [2.45, 2.75) is 51.9 Å². The fraction of sp³-hybridized carbons (Fsp3) is 0.421. The maximum absolute atomic E-state index is 6.45. The topological polar surface area (TPSA) is 43.3 Å². The fourth-order valence-electron chi connectivity index (χ4n) is 3.53. The van der Waals surface area contributed by atoms with Gasteiger partial charge in [-0.3, -0.25) is 4.40 Å². The van der Waals surface area contributed by atoms with Crippen LogP contribution in [0.25, 0.3) is 16.2 Å². The van der Waals surface area contributed by atoms with E-state index < -0.39 is 0 Å². The number of thiazole rings is 1. The molecule has 4 rings (SSSR count). The van der Waals surface area contributed by atoms with E-state index >= 15 is 0 Å². The fourth-order valence-corrected chi connectivity index (χ4v) is 4.43. The van der Waals surface area contributed by atoms with E-state index in [2.05, 4.69) is 48.8 Å². The number of benzene rings is 1. The van der Waals surface area contributed by atoms with Gasteiger partial charge < -0.3 is 5.73 Å². The van der Waals surface area contributed by atoms with Crippen LogP contribution in [0.3, 0.4) is 0 Å². The van der Waals surface area contributed by atoms with Gasteiger partial charge in [0.25, 0.3) is 0 Å². The van der Waals surface area contributed by atoms with Crippen molar-refractivity contribution in [3.8, 4) is 11.3 Å². The zero-order valence-electron chi connectivity index (χ0n) is 14.0. The largest absolute Gasteiger partial charge is 0.383 e. The third-order valence-corrected chi connectivity index (χ3v) is 5.58. The van der Waals surface area contributed by atoms with Gasteiger partial charge >= 0.3 is 0 Å². The molecule has 0 atom stereocenters. The lowest BCUT2D eigenvalue weighted by Crippen LogP contribution is -2.14. The highest BCUT2D eigenvalue weighted by atomic mass is 32.1. The van der Waals surface area contributed by atoms with E-state index in [0.29, 0.717) is 0 Å². The molecular formula is C19H23N3S. The Bertz CT molecular complexity index is 880. The smallest absolute Gasteiger partial charge is 0.196 e. The number of nitrogens with zero attached hydrogens (tertiary/aromatic N) is 2. The molecule has 3 aromatic rings. The summed E-state index contributed by atoms with van der Waals surface area (Å²) in [5.74, 6) is 0.779. The number of nitrogens with two attached hydrogens (primary N) is 1. The standard InChI is InChI=1S/C19H23N3S/c1-19(2,3)16-17(20)22-15(11-23-18(22)21-16)14-9-8-12-6-4-5-7-13(12)10-14/h8-11H,4-7,20H2,1-3H3. The molecule has 0 radical (unpaired) electrons. The SMILES string of the molecule is CC(C)(C)c1nc2scc(-c3ccc4c(c3)CCCC4)n2c1N. The summed E-state index contributed by atoms with van der Waals surface area (Å²) in [7, 11) is 0. The minimum absolute atomic E-state index is 0.0387. The van der Waals surface area contributed by atoms with E-state index in [1.165, 1.54) is 48.1 Å². The lowest BCUT2D eigenvalue weighted by molar-refractivity contribution is 0.576. The molecule has 0 saturated heterocycles. The van der Waals surface area contributed by atoms with Gasteiger partial charge in [0.15, 0.2) is 4.96 Å². The zero-order chi connectivity index (χ0) is 16.2. The first-order valence-electron chi connectivity index (χ1n) is 8.33. The molecule has 2 heterocycles. The molecule has 0 spiro atoms. The van der Waals surface area contributed by atoms with Crippen LogP contribution < -0.4 is 5.73 Å². The minimum Gasteiger partial charge on any atom is -0.383 e. The summed E-state index contributed by atoms with van der Waals surface area (Å²) in [4.78, 5) is 5.76. The predicted octanol–water partition coefficient (Wildman–Crippen LogP) is 4.82. The number of aryl methyl sites for hydroxylation is 2. The lowest BCUT2D eigenvalue weighted by atomic mass is 9.90. The average molecular weight is 325 g/mol. The molecule has 0 unspecified atom stereocenters. The van der Waals surface area contributed by atoms with Crippen LogP contribution in [0.4, 0.5) is 5.82 Å². The summed E-state index contributed by atoms with van der Waals surface area (Å²) >= 11 is 1.67. The van der Waals surface area contributed by atoms with Gasteiger partial charge in [0.2, 0.25) is 0 Å². The summed E-state index contributed by atoms with van der Waals surface area (Å²) in [5.41, 5.74) is 12.8. The van der Waals surface area contributed by atoms with Gasteiger partial charge in [-0.2, -0.15) is 0 Å². The summed E-state index contributed by atoms with van der Waals surface area (Å²) in [5, 5.41) is 2.18. The molecular weight excluding hydrogens is 302 g/mol. The van der Waals surface area contributed by atoms with Gasteiger partial charge in [-0.05, 0) is 48.4 Å². The van der Waals surface area contributed by atoms with E-state index in [1.54, 1.807) is 11.3 Å². The van der Waals surface area contributed by atoms with E-state index in [1.807, 2.05) is 0 Å². The van der Waals surface area contributed by atoms with Crippen LogP contribution in [-0.4, -0.2) is 9.38 Å². The minimum atomic E-state index is -0.0387. The normalized spacial score (nSPS) is 15.1. The number of anilines is 1. The number of hydrogen-bond donors (Lipinski definition) is 1. The monoisotopic (exact) mass is 325 g/mol. The highest BCUT2D eigenvalue weighted by Gasteiger charge is 2.24. The van der Waals surface area contributed by atoms with Crippen molar-refractivity contribution in [2.75, 3.05) is 5.73 Å². The van der Waals surface area contributed by atoms with Crippen molar-refractivity contribution in [1.29, 1.82) is 0 Å². The molecule has 0 bridgehead atoms. The molecule has 120 valence electrons. The molecule has 2 aromatic heterocycles. The maximum Gasteiger partial charge on any atom is 0.196 e. The van der Waals surface area contributed by atoms with Gasteiger partial charge in [-0.1, -0.05) is 32.9 Å². The Morgan fingerprint density at radius 1 is 1.13 bits per heavy atom. The average Bonchev–Trinajstić information content (AvgIpc) is 3.07. The molecule has 0 aliphatic heterocycles. The number of aromatic nitrogens is 2. The van der Waals surface area contributed by atoms with Crippen molar-refractivity contribution in [3.05, 3.63) is 40.4 Å². The van der Waals surface area contributed by atoms with E-state index in [0.717, 1.165) is 16.5 Å². The zero-order valence-corrected chi connectivity index (χ0v) is 14.8. The van der Waals surface area contributed by atoms with Crippen LogP contribution in [0.2, 0.25) is 0 Å². The molecule has 0 saturated carbocycles. The first-order valence-corrected chi connectivity index (χ1v) is 9.21. The van der Waals surface area contributed by atoms with E-state index in [9.17, 15) is 0 Å². The second-order valence-electron chi connectivity index (χ2n) is 7.53. The van der Waals surface area contributed by atoms with Gasteiger partial charge in [0.1, 0.15) is 5.82 Å². The molecule has 3 nitrogen and oxygen atoms in total. The Morgan fingerprint density at radius 3 is 2.61 bits per heavy atom. The summed E-state index contributed by atoms with van der Waals surface area (Å²) in [6, 6.07) is 6.89. The molecule has 1 aromatic carbocycles. The Hall–Kier alpha value is -1.81. The highest BCUT2D eigenvalue weighted by Crippen LogP contribution is 2.36. The van der Waals surface area contributed by atoms with Crippen LogP contribution in [0.1, 0.15) is 50.4 Å². The third kappa shape index (κ3) is 2.36. The molecule has 0 amide bonds. The molecule has 4 heteroatoms. The van der Waals surface area contributed by atoms with Gasteiger partial charge in [0, 0.05) is 10.8 Å². The Labute approximate surface area is 141 Å². The summed E-state index contributed by atoms with van der Waals surface area (Å²) in [6.07, 6.45) is 5.04. The predicted molar refractivity (Wildman–Crippen MR) is 98.3 cm³/mol. The number of rotatable bonds is 1. The molecule has 2 N–H and O–H groups in total. The van der Waals surface area contributed by atoms with Crippen molar-refractivity contribution < 1.29 is 0 Å². The van der Waals surface area contributed by atoms with Crippen molar-refractivity contribution in [3.63, 3.8) is 0 Å². The van der Waals surface area contributed by atoms with Gasteiger partial charge in [-0.25, -0.2) is 4.98 Å². The Balaban J connectivity index is 1.88. The third-order valence-electron chi connectivity index (χ3n) is 4.75. The molecule has 23 heavy (non-hydrogen) atoms. The van der Waals surface area contributed by atoms with Crippen LogP contribution >= 0.6 is 11.3 Å². The first kappa shape index (κ1) is 14.8. The Morgan fingerprint density at radius 2 is 1.87 bits per heavy atom. The number of nitrogen functional groups attached to an aromatic ring is 1. The summed E-state index contributed by atoms with van der Waals surface area (Å²) in [6.45, 7) is 6.48. The maximum atomic E-state index is 6.45. The number of hydrogen-bond acceptors (Lipinski definition) is 3. The number of imidazole rings is 1. The van der Waals surface area contributed by atoms with Crippen LogP contribution in [0, 0.1) is 0 Å². The van der Waals surface area contributed by atoms with E-state index in [4.69, 9.17) is 10.7 Å². The van der Waals surface area contributed by atoms with Crippen LogP contribution in [0.5, 0.6) is 0 Å².